The first-order chi connectivity index (χ1) is 13.1. The minimum Gasteiger partial charge on any atom is -0.378 e. The summed E-state index contributed by atoms with van der Waals surface area (Å²) in [6, 6.07) is 7.96. The Labute approximate surface area is 161 Å². The van der Waals surface area contributed by atoms with Crippen molar-refractivity contribution in [3.63, 3.8) is 0 Å². The van der Waals surface area contributed by atoms with Gasteiger partial charge in [0.15, 0.2) is 0 Å². The number of nitrogens with zero attached hydrogens (tertiary/aromatic N) is 3. The van der Waals surface area contributed by atoms with Crippen LogP contribution in [0.1, 0.15) is 36.5 Å². The molecule has 0 saturated carbocycles. The molecule has 0 unspecified atom stereocenters. The lowest BCUT2D eigenvalue weighted by Gasteiger charge is -2.38. The number of likely N-dealkylation sites (tertiary alicyclic amines) is 2. The van der Waals surface area contributed by atoms with Gasteiger partial charge in [-0.3, -0.25) is 9.59 Å². The molecule has 3 aliphatic heterocycles. The molecule has 1 aromatic rings. The zero-order valence-corrected chi connectivity index (χ0v) is 16.2. The van der Waals surface area contributed by atoms with Crippen molar-refractivity contribution in [2.75, 3.05) is 57.4 Å². The summed E-state index contributed by atoms with van der Waals surface area (Å²) in [7, 11) is 0. The number of hydrogen-bond donors (Lipinski definition) is 0. The van der Waals surface area contributed by atoms with Crippen LogP contribution in [0.25, 0.3) is 0 Å². The zero-order chi connectivity index (χ0) is 18.9. The van der Waals surface area contributed by atoms with E-state index in [1.165, 1.54) is 0 Å². The van der Waals surface area contributed by atoms with Crippen LogP contribution in [-0.4, -0.2) is 74.1 Å². The topological polar surface area (TPSA) is 53.1 Å². The fourth-order valence-corrected chi connectivity index (χ4v) is 4.61. The number of benzene rings is 1. The average molecular weight is 371 g/mol. The van der Waals surface area contributed by atoms with Crippen molar-refractivity contribution >= 4 is 17.5 Å². The van der Waals surface area contributed by atoms with Crippen LogP contribution in [0, 0.1) is 5.41 Å². The molecule has 27 heavy (non-hydrogen) atoms. The largest absolute Gasteiger partial charge is 0.378 e. The highest BCUT2D eigenvalue weighted by Crippen LogP contribution is 2.41. The van der Waals surface area contributed by atoms with Gasteiger partial charge >= 0.3 is 0 Å². The molecule has 3 fully saturated rings. The second kappa shape index (κ2) is 7.50. The highest BCUT2D eigenvalue weighted by atomic mass is 16.5. The molecule has 6 heteroatoms. The molecule has 0 N–H and O–H groups in total. The van der Waals surface area contributed by atoms with E-state index in [1.807, 2.05) is 41.0 Å². The second-order valence-electron chi connectivity index (χ2n) is 8.02. The van der Waals surface area contributed by atoms with E-state index in [9.17, 15) is 9.59 Å². The Morgan fingerprint density at radius 2 is 1.74 bits per heavy atom. The lowest BCUT2D eigenvalue weighted by atomic mass is 9.77. The van der Waals surface area contributed by atoms with Gasteiger partial charge in [0.2, 0.25) is 5.91 Å². The molecule has 3 aliphatic rings. The number of ether oxygens (including phenoxy) is 1. The highest BCUT2D eigenvalue weighted by molar-refractivity contribution is 5.94. The molecular formula is C21H29N3O3. The Morgan fingerprint density at radius 1 is 1.07 bits per heavy atom. The third-order valence-electron chi connectivity index (χ3n) is 6.39. The minimum absolute atomic E-state index is 0.0874. The van der Waals surface area contributed by atoms with Gasteiger partial charge < -0.3 is 19.4 Å². The van der Waals surface area contributed by atoms with Gasteiger partial charge in [-0.2, -0.15) is 0 Å². The molecule has 6 nitrogen and oxygen atoms in total. The van der Waals surface area contributed by atoms with Crippen molar-refractivity contribution in [2.24, 2.45) is 5.41 Å². The van der Waals surface area contributed by atoms with Crippen LogP contribution in [0.15, 0.2) is 24.3 Å². The Morgan fingerprint density at radius 3 is 2.33 bits per heavy atom. The minimum atomic E-state index is 0.0874. The Kier molecular flexibility index (Phi) is 5.08. The number of anilines is 1. The maximum Gasteiger partial charge on any atom is 0.253 e. The van der Waals surface area contributed by atoms with Gasteiger partial charge in [-0.25, -0.2) is 0 Å². The van der Waals surface area contributed by atoms with Crippen LogP contribution in [0.3, 0.4) is 0 Å². The smallest absolute Gasteiger partial charge is 0.253 e. The fourth-order valence-electron chi connectivity index (χ4n) is 4.61. The zero-order valence-electron chi connectivity index (χ0n) is 16.2. The van der Waals surface area contributed by atoms with Gasteiger partial charge in [-0.05, 0) is 44.0 Å². The van der Waals surface area contributed by atoms with Crippen molar-refractivity contribution in [3.05, 3.63) is 29.8 Å². The number of hydrogen-bond acceptors (Lipinski definition) is 4. The van der Waals surface area contributed by atoms with Crippen molar-refractivity contribution < 1.29 is 14.3 Å². The second-order valence-corrected chi connectivity index (χ2v) is 8.02. The van der Waals surface area contributed by atoms with Gasteiger partial charge in [0.1, 0.15) is 0 Å². The lowest BCUT2D eigenvalue weighted by molar-refractivity contribution is -0.127. The lowest BCUT2D eigenvalue weighted by Crippen LogP contribution is -2.44. The summed E-state index contributed by atoms with van der Waals surface area (Å²) < 4.78 is 5.40. The number of piperidine rings is 1. The van der Waals surface area contributed by atoms with Crippen molar-refractivity contribution in [1.82, 2.24) is 9.80 Å². The summed E-state index contributed by atoms with van der Waals surface area (Å²) in [6.07, 6.45) is 2.50. The number of amides is 2. The molecule has 0 radical (unpaired) electrons. The molecular weight excluding hydrogens is 342 g/mol. The summed E-state index contributed by atoms with van der Waals surface area (Å²) >= 11 is 0. The first kappa shape index (κ1) is 18.3. The molecule has 146 valence electrons. The van der Waals surface area contributed by atoms with Gasteiger partial charge in [0.05, 0.1) is 13.2 Å². The fraction of sp³-hybridized carbons (Fsp3) is 0.619. The first-order valence-corrected chi connectivity index (χ1v) is 10.1. The molecule has 1 spiro atoms. The van der Waals surface area contributed by atoms with E-state index in [0.29, 0.717) is 6.42 Å². The Hall–Kier alpha value is -2.08. The predicted molar refractivity (Wildman–Crippen MR) is 104 cm³/mol. The first-order valence-electron chi connectivity index (χ1n) is 10.1. The van der Waals surface area contributed by atoms with Gasteiger partial charge in [0.25, 0.3) is 5.91 Å². The maximum absolute atomic E-state index is 12.9. The standard InChI is InChI=1S/C21H29N3O3/c1-2-22-16-21(15-19(22)25)7-9-24(10-8-21)20(26)17-3-5-18(6-4-17)23-11-13-27-14-12-23/h3-6H,2,7-16H2,1H3. The molecule has 3 saturated heterocycles. The van der Waals surface area contributed by atoms with E-state index in [2.05, 4.69) is 4.90 Å². The number of carbonyl (C=O) groups excluding carboxylic acids is 2. The van der Waals surface area contributed by atoms with E-state index < -0.39 is 0 Å². The van der Waals surface area contributed by atoms with Crippen molar-refractivity contribution in [2.45, 2.75) is 26.2 Å². The Balaban J connectivity index is 1.36. The Bertz CT molecular complexity index is 689. The van der Waals surface area contributed by atoms with Gasteiger partial charge in [-0.15, -0.1) is 0 Å². The van der Waals surface area contributed by atoms with Crippen molar-refractivity contribution in [1.29, 1.82) is 0 Å². The normalized spacial score (nSPS) is 22.6. The third-order valence-corrected chi connectivity index (χ3v) is 6.39. The molecule has 4 rings (SSSR count). The number of carbonyl (C=O) groups is 2. The molecule has 0 aromatic heterocycles. The van der Waals surface area contributed by atoms with Crippen LogP contribution >= 0.6 is 0 Å². The molecule has 0 aliphatic carbocycles. The quantitative estimate of drug-likeness (QED) is 0.816. The van der Waals surface area contributed by atoms with Gasteiger partial charge in [-0.1, -0.05) is 0 Å². The van der Waals surface area contributed by atoms with Crippen LogP contribution in [0.4, 0.5) is 5.69 Å². The summed E-state index contributed by atoms with van der Waals surface area (Å²) in [6.45, 7) is 8.49. The molecule has 2 amide bonds. The summed E-state index contributed by atoms with van der Waals surface area (Å²) in [4.78, 5) is 31.2. The maximum atomic E-state index is 12.9. The molecule has 0 atom stereocenters. The predicted octanol–water partition coefficient (Wildman–Crippen LogP) is 2.00. The molecule has 0 bridgehead atoms. The van der Waals surface area contributed by atoms with Crippen LogP contribution in [-0.2, 0) is 9.53 Å². The summed E-state index contributed by atoms with van der Waals surface area (Å²) in [5.41, 5.74) is 1.99. The highest BCUT2D eigenvalue weighted by Gasteiger charge is 2.44. The monoisotopic (exact) mass is 371 g/mol. The van der Waals surface area contributed by atoms with E-state index in [-0.39, 0.29) is 17.2 Å². The average Bonchev–Trinajstić information content (AvgIpc) is 3.04. The van der Waals surface area contributed by atoms with Crippen LogP contribution < -0.4 is 4.90 Å². The third kappa shape index (κ3) is 3.68. The van der Waals surface area contributed by atoms with Crippen molar-refractivity contribution in [3.8, 4) is 0 Å². The van der Waals surface area contributed by atoms with Crippen LogP contribution in [0.2, 0.25) is 0 Å². The van der Waals surface area contributed by atoms with E-state index in [1.54, 1.807) is 0 Å². The number of morpholine rings is 1. The van der Waals surface area contributed by atoms with E-state index in [4.69, 9.17) is 4.74 Å². The molecule has 1 aromatic carbocycles. The van der Waals surface area contributed by atoms with E-state index >= 15 is 0 Å². The summed E-state index contributed by atoms with van der Waals surface area (Å²) in [5, 5.41) is 0. The summed E-state index contributed by atoms with van der Waals surface area (Å²) in [5.74, 6) is 0.381. The number of rotatable bonds is 3. The SMILES string of the molecule is CCN1CC2(CCN(C(=O)c3ccc(N4CCOCC4)cc3)CC2)CC1=O. The van der Waals surface area contributed by atoms with E-state index in [0.717, 1.165) is 76.6 Å². The van der Waals surface area contributed by atoms with Crippen LogP contribution in [0.5, 0.6) is 0 Å². The molecule has 3 heterocycles. The van der Waals surface area contributed by atoms with Gasteiger partial charge in [0, 0.05) is 62.4 Å².